The molecule has 1 amide bonds. The molecule has 0 saturated carbocycles. The predicted molar refractivity (Wildman–Crippen MR) is 125 cm³/mol. The number of carbonyl (C=O) groups excluding carboxylic acids is 1. The Morgan fingerprint density at radius 2 is 1.70 bits per heavy atom. The highest BCUT2D eigenvalue weighted by molar-refractivity contribution is 7.93. The molecule has 1 heterocycles. The summed E-state index contributed by atoms with van der Waals surface area (Å²) in [7, 11) is -1.52. The fourth-order valence-electron chi connectivity index (χ4n) is 3.33. The van der Waals surface area contributed by atoms with Crippen molar-refractivity contribution in [2.45, 2.75) is 11.3 Å². The fraction of sp³-hybridized carbons (Fsp3) is 0.130. The summed E-state index contributed by atoms with van der Waals surface area (Å²) in [4.78, 5) is 24.3. The van der Waals surface area contributed by atoms with E-state index in [2.05, 4.69) is 0 Å². The van der Waals surface area contributed by atoms with Crippen LogP contribution in [-0.4, -0.2) is 28.5 Å². The number of hydrogen-bond donors (Lipinski definition) is 0. The van der Waals surface area contributed by atoms with Crippen molar-refractivity contribution in [1.82, 2.24) is 0 Å². The van der Waals surface area contributed by atoms with Gasteiger partial charge in [0, 0.05) is 6.07 Å². The average molecular weight is 486 g/mol. The third-order valence-corrected chi connectivity index (χ3v) is 7.40. The molecule has 4 rings (SSSR count). The molecule has 4 aromatic rings. The monoisotopic (exact) mass is 485 g/mol. The topological polar surface area (TPSA) is 103 Å². The summed E-state index contributed by atoms with van der Waals surface area (Å²) in [5.74, 6) is -0.105. The molecule has 10 heteroatoms. The Morgan fingerprint density at radius 3 is 2.39 bits per heavy atom. The minimum Gasteiger partial charge on any atom is -0.493 e. The van der Waals surface area contributed by atoms with Crippen LogP contribution in [-0.2, 0) is 21.2 Å². The summed E-state index contributed by atoms with van der Waals surface area (Å²) in [6.45, 7) is 0. The Labute approximate surface area is 193 Å². The third-order valence-electron chi connectivity index (χ3n) is 4.87. The smallest absolute Gasteiger partial charge is 0.396 e. The third kappa shape index (κ3) is 4.48. The summed E-state index contributed by atoms with van der Waals surface area (Å²) in [6.07, 6.45) is -0.146. The van der Waals surface area contributed by atoms with Crippen molar-refractivity contribution >= 4 is 43.2 Å². The van der Waals surface area contributed by atoms with Crippen LogP contribution in [0.4, 0.5) is 5.69 Å². The van der Waals surface area contributed by atoms with E-state index in [9.17, 15) is 18.0 Å². The van der Waals surface area contributed by atoms with Crippen molar-refractivity contribution in [3.05, 3.63) is 82.0 Å². The van der Waals surface area contributed by atoms with Gasteiger partial charge >= 0.3 is 4.94 Å². The Bertz CT molecular complexity index is 1470. The molecule has 8 nitrogen and oxygen atoms in total. The lowest BCUT2D eigenvalue weighted by Gasteiger charge is -2.23. The van der Waals surface area contributed by atoms with Crippen LogP contribution in [0.3, 0.4) is 0 Å². The summed E-state index contributed by atoms with van der Waals surface area (Å²) >= 11 is 0.825. The lowest BCUT2D eigenvalue weighted by molar-refractivity contribution is -0.116. The average Bonchev–Trinajstić information content (AvgIpc) is 3.18. The van der Waals surface area contributed by atoms with Crippen LogP contribution in [0.2, 0.25) is 0 Å². The highest BCUT2D eigenvalue weighted by Crippen LogP contribution is 2.34. The number of amides is 1. The molecule has 0 aliphatic heterocycles. The molecule has 1 aromatic heterocycles. The lowest BCUT2D eigenvalue weighted by atomic mass is 10.1. The van der Waals surface area contributed by atoms with E-state index in [0.717, 1.165) is 15.6 Å². The van der Waals surface area contributed by atoms with E-state index in [4.69, 9.17) is 13.9 Å². The van der Waals surface area contributed by atoms with Crippen LogP contribution in [0, 0.1) is 0 Å². The normalized spacial score (nSPS) is 11.3. The van der Waals surface area contributed by atoms with Gasteiger partial charge in [-0.05, 0) is 35.9 Å². The first-order valence-corrected chi connectivity index (χ1v) is 12.0. The molecule has 0 spiro atoms. The Hall–Kier alpha value is -3.63. The molecule has 0 aliphatic rings. The standard InChI is InChI=1S/C23H19NO7S2/c1-29-18-11-9-17(14-20(18)30-2)33(27,28)24(22(25)12-15-6-4-3-5-7-15)16-8-10-19-21(13-16)32-23(26)31-19/h3-11,13-14H,12H2,1-2H3. The Balaban J connectivity index is 1.85. The van der Waals surface area contributed by atoms with Gasteiger partial charge in [-0.1, -0.05) is 41.7 Å². The number of methoxy groups -OCH3 is 2. The second-order valence-electron chi connectivity index (χ2n) is 6.93. The van der Waals surface area contributed by atoms with Crippen molar-refractivity contribution in [3.63, 3.8) is 0 Å². The first-order valence-electron chi connectivity index (χ1n) is 9.71. The van der Waals surface area contributed by atoms with Gasteiger partial charge in [-0.2, -0.15) is 0 Å². The molecule has 0 bridgehead atoms. The summed E-state index contributed by atoms with van der Waals surface area (Å²) < 4.78 is 44.1. The van der Waals surface area contributed by atoms with E-state index in [1.165, 1.54) is 50.6 Å². The van der Waals surface area contributed by atoms with Crippen LogP contribution in [0.1, 0.15) is 5.56 Å². The molecule has 0 unspecified atom stereocenters. The van der Waals surface area contributed by atoms with Gasteiger partial charge in [0.15, 0.2) is 11.5 Å². The van der Waals surface area contributed by atoms with E-state index in [0.29, 0.717) is 21.6 Å². The molecule has 0 saturated heterocycles. The Kier molecular flexibility index (Phi) is 6.21. The van der Waals surface area contributed by atoms with Crippen LogP contribution in [0.5, 0.6) is 11.5 Å². The van der Waals surface area contributed by atoms with E-state index >= 15 is 0 Å². The van der Waals surface area contributed by atoms with Gasteiger partial charge < -0.3 is 13.9 Å². The summed E-state index contributed by atoms with van der Waals surface area (Å²) in [6, 6.07) is 17.3. The van der Waals surface area contributed by atoms with E-state index in [-0.39, 0.29) is 22.8 Å². The zero-order chi connectivity index (χ0) is 23.6. The maximum Gasteiger partial charge on any atom is 0.396 e. The van der Waals surface area contributed by atoms with Gasteiger partial charge in [0.2, 0.25) is 5.91 Å². The zero-order valence-electron chi connectivity index (χ0n) is 17.7. The van der Waals surface area contributed by atoms with Crippen LogP contribution < -0.4 is 18.7 Å². The number of nitrogens with zero attached hydrogens (tertiary/aromatic N) is 1. The number of rotatable bonds is 7. The largest absolute Gasteiger partial charge is 0.493 e. The van der Waals surface area contributed by atoms with Crippen molar-refractivity contribution < 1.29 is 27.1 Å². The number of fused-ring (bicyclic) bond motifs is 1. The van der Waals surface area contributed by atoms with Crippen LogP contribution in [0.15, 0.2) is 80.8 Å². The number of carbonyl (C=O) groups is 1. The zero-order valence-corrected chi connectivity index (χ0v) is 19.3. The van der Waals surface area contributed by atoms with Crippen molar-refractivity contribution in [1.29, 1.82) is 0 Å². The molecule has 0 fully saturated rings. The van der Waals surface area contributed by atoms with Gasteiger partial charge in [0.25, 0.3) is 10.0 Å². The number of benzene rings is 3. The molecular formula is C23H19NO7S2. The number of sulfonamides is 1. The summed E-state index contributed by atoms with van der Waals surface area (Å²) in [5, 5.41) is 0. The molecular weight excluding hydrogens is 466 g/mol. The Morgan fingerprint density at radius 1 is 0.970 bits per heavy atom. The van der Waals surface area contributed by atoms with Crippen molar-refractivity contribution in [2.24, 2.45) is 0 Å². The molecule has 0 atom stereocenters. The molecule has 3 aromatic carbocycles. The van der Waals surface area contributed by atoms with Gasteiger partial charge in [0.05, 0.1) is 35.9 Å². The lowest BCUT2D eigenvalue weighted by Crippen LogP contribution is -2.38. The van der Waals surface area contributed by atoms with Gasteiger partial charge in [-0.3, -0.25) is 4.79 Å². The highest BCUT2D eigenvalue weighted by atomic mass is 32.2. The fourth-order valence-corrected chi connectivity index (χ4v) is 5.46. The van der Waals surface area contributed by atoms with E-state index < -0.39 is 20.9 Å². The maximum absolute atomic E-state index is 13.7. The maximum atomic E-state index is 13.7. The molecule has 33 heavy (non-hydrogen) atoms. The summed E-state index contributed by atoms with van der Waals surface area (Å²) in [5.41, 5.74) is 1.06. The highest BCUT2D eigenvalue weighted by Gasteiger charge is 2.32. The van der Waals surface area contributed by atoms with E-state index in [1.807, 2.05) is 0 Å². The second-order valence-corrected chi connectivity index (χ2v) is 9.69. The first kappa shape index (κ1) is 22.6. The van der Waals surface area contributed by atoms with Crippen molar-refractivity contribution in [2.75, 3.05) is 18.5 Å². The molecule has 170 valence electrons. The van der Waals surface area contributed by atoms with Gasteiger partial charge in [-0.25, -0.2) is 17.5 Å². The van der Waals surface area contributed by atoms with Crippen LogP contribution in [0.25, 0.3) is 10.3 Å². The molecule has 0 N–H and O–H groups in total. The minimum absolute atomic E-state index is 0.0928. The first-order chi connectivity index (χ1) is 15.8. The van der Waals surface area contributed by atoms with E-state index in [1.54, 1.807) is 30.3 Å². The number of anilines is 1. The number of ether oxygens (including phenoxy) is 2. The minimum atomic E-state index is -4.35. The SMILES string of the molecule is COc1ccc(S(=O)(=O)N(C(=O)Cc2ccccc2)c2ccc3oc(=O)sc3c2)cc1OC. The van der Waals surface area contributed by atoms with Crippen molar-refractivity contribution in [3.8, 4) is 11.5 Å². The quantitative estimate of drug-likeness (QED) is 0.392. The van der Waals surface area contributed by atoms with Gasteiger partial charge in [-0.15, -0.1) is 0 Å². The number of hydrogen-bond acceptors (Lipinski definition) is 8. The van der Waals surface area contributed by atoms with Gasteiger partial charge in [0.1, 0.15) is 5.58 Å². The van der Waals surface area contributed by atoms with Crippen LogP contribution >= 0.6 is 11.3 Å². The molecule has 0 aliphatic carbocycles. The second kappa shape index (κ2) is 9.08. The molecule has 0 radical (unpaired) electrons. The predicted octanol–water partition coefficient (Wildman–Crippen LogP) is 3.84.